The van der Waals surface area contributed by atoms with Crippen LogP contribution in [-0.2, 0) is 13.1 Å². The first kappa shape index (κ1) is 18.7. The second-order valence-corrected chi connectivity index (χ2v) is 6.35. The Morgan fingerprint density at radius 3 is 2.74 bits per heavy atom. The fraction of sp³-hybridized carbons (Fsp3) is 0.273. The number of nitrogens with zero attached hydrogens (tertiary/aromatic N) is 2. The number of guanidine groups is 1. The molecule has 0 aliphatic carbocycles. The summed E-state index contributed by atoms with van der Waals surface area (Å²) in [4.78, 5) is 9.14. The molecule has 1 aromatic heterocycles. The van der Waals surface area contributed by atoms with Crippen molar-refractivity contribution in [2.24, 2.45) is 4.99 Å². The van der Waals surface area contributed by atoms with Crippen molar-refractivity contribution < 1.29 is 4.74 Å². The number of aromatic nitrogens is 1. The van der Waals surface area contributed by atoms with Gasteiger partial charge in [0.15, 0.2) is 5.96 Å². The Morgan fingerprint density at radius 1 is 1.07 bits per heavy atom. The highest BCUT2D eigenvalue weighted by Crippen LogP contribution is 2.20. The Morgan fingerprint density at radius 2 is 1.93 bits per heavy atom. The Labute approximate surface area is 160 Å². The van der Waals surface area contributed by atoms with Crippen LogP contribution in [-0.4, -0.2) is 24.6 Å². The van der Waals surface area contributed by atoms with Crippen LogP contribution in [0.2, 0.25) is 0 Å². The van der Waals surface area contributed by atoms with Gasteiger partial charge in [0.1, 0.15) is 5.75 Å². The minimum absolute atomic E-state index is 0.551. The van der Waals surface area contributed by atoms with Gasteiger partial charge in [-0.25, -0.2) is 4.99 Å². The number of hydrogen-bond acceptors (Lipinski definition) is 3. The summed E-state index contributed by atoms with van der Waals surface area (Å²) < 4.78 is 5.48. The molecule has 0 spiro atoms. The first-order valence-corrected chi connectivity index (χ1v) is 9.19. The molecule has 5 nitrogen and oxygen atoms in total. The van der Waals surface area contributed by atoms with Crippen LogP contribution in [0.4, 0.5) is 0 Å². The molecule has 3 rings (SSSR count). The number of aryl methyl sites for hydroxylation is 1. The summed E-state index contributed by atoms with van der Waals surface area (Å²) in [5, 5.41) is 7.88. The Balaban J connectivity index is 1.74. The van der Waals surface area contributed by atoms with E-state index in [1.807, 2.05) is 36.5 Å². The molecule has 0 unspecified atom stereocenters. The van der Waals surface area contributed by atoms with E-state index in [0.717, 1.165) is 34.7 Å². The number of rotatable bonds is 6. The monoisotopic (exact) mass is 362 g/mol. The molecule has 0 radical (unpaired) electrons. The fourth-order valence-corrected chi connectivity index (χ4v) is 2.98. The molecule has 0 bridgehead atoms. The van der Waals surface area contributed by atoms with Crippen molar-refractivity contribution in [1.82, 2.24) is 15.6 Å². The van der Waals surface area contributed by atoms with E-state index in [4.69, 9.17) is 9.73 Å². The number of fused-ring (bicyclic) bond motifs is 1. The number of ether oxygens (including phenoxy) is 1. The van der Waals surface area contributed by atoms with Crippen LogP contribution < -0.4 is 15.4 Å². The van der Waals surface area contributed by atoms with E-state index < -0.39 is 0 Å². The van der Waals surface area contributed by atoms with Crippen LogP contribution in [0.15, 0.2) is 59.7 Å². The van der Waals surface area contributed by atoms with E-state index >= 15 is 0 Å². The Kier molecular flexibility index (Phi) is 6.26. The molecule has 0 saturated heterocycles. The van der Waals surface area contributed by atoms with Gasteiger partial charge in [-0.2, -0.15) is 0 Å². The molecule has 0 aliphatic heterocycles. The Bertz CT molecular complexity index is 931. The third-order valence-corrected chi connectivity index (χ3v) is 4.38. The number of aliphatic imine (C=N–C) groups is 1. The summed E-state index contributed by atoms with van der Waals surface area (Å²) in [5.74, 6) is 1.65. The second-order valence-electron chi connectivity index (χ2n) is 6.35. The summed E-state index contributed by atoms with van der Waals surface area (Å²) in [5.41, 5.74) is 4.44. The lowest BCUT2D eigenvalue weighted by atomic mass is 10.1. The maximum absolute atomic E-state index is 5.48. The standard InChI is InChI=1S/C22H26N4O/c1-4-23-22(26-15-18-10-9-16(2)13-21(18)27-3)25-14-17-11-12-24-20-8-6-5-7-19(17)20/h5-13H,4,14-15H2,1-3H3,(H2,23,25,26). The van der Waals surface area contributed by atoms with Crippen LogP contribution >= 0.6 is 0 Å². The topological polar surface area (TPSA) is 58.5 Å². The predicted molar refractivity (Wildman–Crippen MR) is 111 cm³/mol. The number of methoxy groups -OCH3 is 1. The van der Waals surface area contributed by atoms with E-state index in [1.165, 1.54) is 11.1 Å². The van der Waals surface area contributed by atoms with E-state index in [0.29, 0.717) is 13.1 Å². The molecule has 3 aromatic rings. The lowest BCUT2D eigenvalue weighted by Crippen LogP contribution is -2.36. The molecule has 0 fully saturated rings. The quantitative estimate of drug-likeness (QED) is 0.517. The zero-order valence-electron chi connectivity index (χ0n) is 16.1. The van der Waals surface area contributed by atoms with Crippen LogP contribution in [0, 0.1) is 6.92 Å². The normalized spacial score (nSPS) is 11.4. The molecule has 0 aliphatic rings. The van der Waals surface area contributed by atoms with Crippen molar-refractivity contribution in [2.75, 3.05) is 13.7 Å². The Hall–Kier alpha value is -3.08. The molecule has 2 aromatic carbocycles. The van der Waals surface area contributed by atoms with Gasteiger partial charge in [-0.15, -0.1) is 0 Å². The number of nitrogens with one attached hydrogen (secondary N) is 2. The van der Waals surface area contributed by atoms with Gasteiger partial charge >= 0.3 is 0 Å². The minimum atomic E-state index is 0.551. The largest absolute Gasteiger partial charge is 0.496 e. The zero-order valence-corrected chi connectivity index (χ0v) is 16.1. The summed E-state index contributed by atoms with van der Waals surface area (Å²) >= 11 is 0. The minimum Gasteiger partial charge on any atom is -0.496 e. The van der Waals surface area contributed by atoms with Crippen molar-refractivity contribution in [3.8, 4) is 5.75 Å². The van der Waals surface area contributed by atoms with Crippen molar-refractivity contribution in [3.63, 3.8) is 0 Å². The van der Waals surface area contributed by atoms with Gasteiger partial charge in [0.05, 0.1) is 19.2 Å². The second kappa shape index (κ2) is 9.03. The van der Waals surface area contributed by atoms with Crippen LogP contribution in [0.3, 0.4) is 0 Å². The summed E-state index contributed by atoms with van der Waals surface area (Å²) in [6, 6.07) is 16.4. The third-order valence-electron chi connectivity index (χ3n) is 4.38. The van der Waals surface area contributed by atoms with Crippen LogP contribution in [0.5, 0.6) is 5.75 Å². The average molecular weight is 362 g/mol. The first-order valence-electron chi connectivity index (χ1n) is 9.19. The van der Waals surface area contributed by atoms with E-state index in [-0.39, 0.29) is 0 Å². The molecule has 0 atom stereocenters. The first-order chi connectivity index (χ1) is 13.2. The molecular formula is C22H26N4O. The molecular weight excluding hydrogens is 336 g/mol. The number of pyridine rings is 1. The van der Waals surface area contributed by atoms with Crippen molar-refractivity contribution >= 4 is 16.9 Å². The fourth-order valence-electron chi connectivity index (χ4n) is 2.98. The number of benzene rings is 2. The zero-order chi connectivity index (χ0) is 19.1. The van der Waals surface area contributed by atoms with E-state index in [1.54, 1.807) is 7.11 Å². The molecule has 1 heterocycles. The van der Waals surface area contributed by atoms with Gasteiger partial charge in [-0.3, -0.25) is 4.98 Å². The van der Waals surface area contributed by atoms with Gasteiger partial charge in [0.25, 0.3) is 0 Å². The molecule has 27 heavy (non-hydrogen) atoms. The lowest BCUT2D eigenvalue weighted by molar-refractivity contribution is 0.409. The predicted octanol–water partition coefficient (Wildman–Crippen LogP) is 3.81. The maximum atomic E-state index is 5.48. The maximum Gasteiger partial charge on any atom is 0.191 e. The van der Waals surface area contributed by atoms with Gasteiger partial charge in [-0.1, -0.05) is 30.3 Å². The lowest BCUT2D eigenvalue weighted by Gasteiger charge is -2.13. The van der Waals surface area contributed by atoms with Gasteiger partial charge in [-0.05, 0) is 43.2 Å². The molecule has 140 valence electrons. The van der Waals surface area contributed by atoms with Crippen molar-refractivity contribution in [2.45, 2.75) is 26.9 Å². The molecule has 2 N–H and O–H groups in total. The van der Waals surface area contributed by atoms with Gasteiger partial charge < -0.3 is 15.4 Å². The number of hydrogen-bond donors (Lipinski definition) is 2. The third kappa shape index (κ3) is 4.76. The smallest absolute Gasteiger partial charge is 0.191 e. The van der Waals surface area contributed by atoms with Crippen molar-refractivity contribution in [1.29, 1.82) is 0 Å². The van der Waals surface area contributed by atoms with Gasteiger partial charge in [0, 0.05) is 30.2 Å². The van der Waals surface area contributed by atoms with Crippen molar-refractivity contribution in [3.05, 3.63) is 71.4 Å². The van der Waals surface area contributed by atoms with Gasteiger partial charge in [0.2, 0.25) is 0 Å². The highest BCUT2D eigenvalue weighted by atomic mass is 16.5. The summed E-state index contributed by atoms with van der Waals surface area (Å²) in [6.07, 6.45) is 1.85. The van der Waals surface area contributed by atoms with Crippen LogP contribution in [0.25, 0.3) is 10.9 Å². The molecule has 0 saturated carbocycles. The molecule has 5 heteroatoms. The van der Waals surface area contributed by atoms with Crippen LogP contribution in [0.1, 0.15) is 23.6 Å². The van der Waals surface area contributed by atoms with E-state index in [2.05, 4.69) is 47.7 Å². The summed E-state index contributed by atoms with van der Waals surface area (Å²) in [7, 11) is 1.69. The SMILES string of the molecule is CCNC(=NCc1ccc(C)cc1OC)NCc1ccnc2ccccc12. The molecule has 0 amide bonds. The highest BCUT2D eigenvalue weighted by molar-refractivity contribution is 5.83. The van der Waals surface area contributed by atoms with E-state index in [9.17, 15) is 0 Å². The highest BCUT2D eigenvalue weighted by Gasteiger charge is 2.05. The average Bonchev–Trinajstić information content (AvgIpc) is 2.70. The number of para-hydroxylation sites is 1. The summed E-state index contributed by atoms with van der Waals surface area (Å²) in [6.45, 7) is 6.15.